The number of nitrogens with zero attached hydrogens (tertiary/aromatic N) is 1. The highest BCUT2D eigenvalue weighted by Gasteiger charge is 2.28. The van der Waals surface area contributed by atoms with Crippen LogP contribution in [0.2, 0.25) is 0 Å². The van der Waals surface area contributed by atoms with Gasteiger partial charge in [-0.25, -0.2) is 13.2 Å². The number of aryl methyl sites for hydroxylation is 1. The number of hydrogen-bond acceptors (Lipinski definition) is 7. The summed E-state index contributed by atoms with van der Waals surface area (Å²) in [6.45, 7) is 4.32. The van der Waals surface area contributed by atoms with E-state index in [4.69, 9.17) is 9.47 Å². The minimum absolute atomic E-state index is 0.00910. The lowest BCUT2D eigenvalue weighted by molar-refractivity contribution is -0.151. The lowest BCUT2D eigenvalue weighted by Crippen LogP contribution is -2.42. The van der Waals surface area contributed by atoms with Gasteiger partial charge in [-0.3, -0.25) is 14.3 Å². The molecule has 0 aliphatic carbocycles. The molecule has 1 heterocycles. The summed E-state index contributed by atoms with van der Waals surface area (Å²) in [4.78, 5) is 38.0. The van der Waals surface area contributed by atoms with Crippen molar-refractivity contribution in [2.75, 3.05) is 31.0 Å². The van der Waals surface area contributed by atoms with Crippen LogP contribution in [0.25, 0.3) is 0 Å². The van der Waals surface area contributed by atoms with Crippen LogP contribution in [0.3, 0.4) is 0 Å². The molecule has 0 spiro atoms. The molecule has 3 rings (SSSR count). The zero-order valence-corrected chi connectivity index (χ0v) is 20.0. The Morgan fingerprint density at radius 2 is 1.59 bits per heavy atom. The van der Waals surface area contributed by atoms with Gasteiger partial charge in [-0.2, -0.15) is 0 Å². The molecule has 1 amide bonds. The van der Waals surface area contributed by atoms with Crippen molar-refractivity contribution >= 4 is 33.6 Å². The average Bonchev–Trinajstić information content (AvgIpc) is 2.84. The van der Waals surface area contributed by atoms with Crippen LogP contribution >= 0.6 is 0 Å². The van der Waals surface area contributed by atoms with Gasteiger partial charge in [-0.15, -0.1) is 0 Å². The van der Waals surface area contributed by atoms with Crippen LogP contribution < -0.4 is 4.72 Å². The molecule has 10 heteroatoms. The standard InChI is InChI=1S/C24H28N2O7S/c1-3-32-23(28)19-12-14-26(15-13-19)22(27)16-33-24(29)18-6-10-21(11-7-18)34(30,31)25-20-8-4-17(2)5-9-20/h4-11,19,25H,3,12-16H2,1-2H3. The molecule has 0 radical (unpaired) electrons. The number of nitrogens with one attached hydrogen (secondary N) is 1. The maximum atomic E-state index is 12.6. The van der Waals surface area contributed by atoms with E-state index in [-0.39, 0.29) is 28.3 Å². The predicted octanol–water partition coefficient (Wildman–Crippen LogP) is 2.75. The summed E-state index contributed by atoms with van der Waals surface area (Å²) in [6.07, 6.45) is 1.01. The maximum Gasteiger partial charge on any atom is 0.338 e. The van der Waals surface area contributed by atoms with Crippen LogP contribution in [0, 0.1) is 12.8 Å². The molecule has 9 nitrogen and oxygen atoms in total. The SMILES string of the molecule is CCOC(=O)C1CCN(C(=O)COC(=O)c2ccc(S(=O)(=O)Nc3ccc(C)cc3)cc2)CC1. The molecule has 1 saturated heterocycles. The molecule has 0 unspecified atom stereocenters. The van der Waals surface area contributed by atoms with E-state index in [0.29, 0.717) is 38.2 Å². The lowest BCUT2D eigenvalue weighted by atomic mass is 9.97. The fraction of sp³-hybridized carbons (Fsp3) is 0.375. The Balaban J connectivity index is 1.50. The second kappa shape index (κ2) is 11.1. The largest absolute Gasteiger partial charge is 0.466 e. The fourth-order valence-corrected chi connectivity index (χ4v) is 4.59. The Morgan fingerprint density at radius 3 is 2.18 bits per heavy atom. The van der Waals surface area contributed by atoms with Crippen LogP contribution in [0.5, 0.6) is 0 Å². The van der Waals surface area contributed by atoms with Gasteiger partial charge in [0.15, 0.2) is 6.61 Å². The molecule has 0 saturated carbocycles. The summed E-state index contributed by atoms with van der Waals surface area (Å²) in [5.41, 5.74) is 1.56. The van der Waals surface area contributed by atoms with E-state index in [0.717, 1.165) is 5.56 Å². The smallest absolute Gasteiger partial charge is 0.338 e. The van der Waals surface area contributed by atoms with Gasteiger partial charge >= 0.3 is 11.9 Å². The van der Waals surface area contributed by atoms with Gasteiger partial charge < -0.3 is 14.4 Å². The quantitative estimate of drug-likeness (QED) is 0.568. The number of amides is 1. The Labute approximate surface area is 199 Å². The molecule has 0 bridgehead atoms. The minimum Gasteiger partial charge on any atom is -0.466 e. The molecule has 1 N–H and O–H groups in total. The van der Waals surface area contributed by atoms with E-state index in [1.54, 1.807) is 36.1 Å². The number of carbonyl (C=O) groups excluding carboxylic acids is 3. The summed E-state index contributed by atoms with van der Waals surface area (Å²) in [5.74, 6) is -1.55. The first-order valence-corrected chi connectivity index (χ1v) is 12.5. The number of likely N-dealkylation sites (tertiary alicyclic amines) is 1. The predicted molar refractivity (Wildman–Crippen MR) is 125 cm³/mol. The first-order valence-electron chi connectivity index (χ1n) is 11.0. The van der Waals surface area contributed by atoms with Crippen molar-refractivity contribution in [3.05, 3.63) is 59.7 Å². The third-order valence-electron chi connectivity index (χ3n) is 5.50. The van der Waals surface area contributed by atoms with Crippen molar-refractivity contribution in [1.82, 2.24) is 4.90 Å². The van der Waals surface area contributed by atoms with Gasteiger partial charge in [0.25, 0.3) is 15.9 Å². The number of anilines is 1. The van der Waals surface area contributed by atoms with Gasteiger partial charge in [-0.05, 0) is 63.1 Å². The van der Waals surface area contributed by atoms with Crippen molar-refractivity contribution in [2.45, 2.75) is 31.6 Å². The number of sulfonamides is 1. The number of piperidine rings is 1. The number of carbonyl (C=O) groups is 3. The van der Waals surface area contributed by atoms with E-state index in [1.165, 1.54) is 24.3 Å². The summed E-state index contributed by atoms with van der Waals surface area (Å²) in [6, 6.07) is 12.2. The van der Waals surface area contributed by atoms with E-state index in [1.807, 2.05) is 6.92 Å². The topological polar surface area (TPSA) is 119 Å². The van der Waals surface area contributed by atoms with Crippen molar-refractivity contribution in [3.8, 4) is 0 Å². The highest BCUT2D eigenvalue weighted by atomic mass is 32.2. The highest BCUT2D eigenvalue weighted by molar-refractivity contribution is 7.92. The van der Waals surface area contributed by atoms with E-state index in [2.05, 4.69) is 4.72 Å². The van der Waals surface area contributed by atoms with E-state index >= 15 is 0 Å². The van der Waals surface area contributed by atoms with Crippen molar-refractivity contribution < 1.29 is 32.3 Å². The van der Waals surface area contributed by atoms with Crippen LogP contribution in [-0.4, -0.2) is 57.5 Å². The highest BCUT2D eigenvalue weighted by Crippen LogP contribution is 2.20. The third-order valence-corrected chi connectivity index (χ3v) is 6.90. The Kier molecular flexibility index (Phi) is 8.27. The number of ether oxygens (including phenoxy) is 2. The van der Waals surface area contributed by atoms with Gasteiger partial charge in [0.05, 0.1) is 23.0 Å². The molecule has 2 aromatic rings. The Hall–Kier alpha value is -3.40. The van der Waals surface area contributed by atoms with Gasteiger partial charge in [0, 0.05) is 18.8 Å². The zero-order valence-electron chi connectivity index (χ0n) is 19.2. The second-order valence-corrected chi connectivity index (χ2v) is 9.66. The van der Waals surface area contributed by atoms with Crippen LogP contribution in [-0.2, 0) is 29.1 Å². The summed E-state index contributed by atoms with van der Waals surface area (Å²) < 4.78 is 37.7. The summed E-state index contributed by atoms with van der Waals surface area (Å²) >= 11 is 0. The zero-order chi connectivity index (χ0) is 24.7. The van der Waals surface area contributed by atoms with Crippen molar-refractivity contribution in [1.29, 1.82) is 0 Å². The number of benzene rings is 2. The van der Waals surface area contributed by atoms with Crippen molar-refractivity contribution in [3.63, 3.8) is 0 Å². The maximum absolute atomic E-state index is 12.6. The third kappa shape index (κ3) is 6.57. The normalized spacial score (nSPS) is 14.4. The second-order valence-electron chi connectivity index (χ2n) is 7.98. The molecule has 2 aromatic carbocycles. The Bertz CT molecular complexity index is 1120. The van der Waals surface area contributed by atoms with Crippen LogP contribution in [0.15, 0.2) is 53.4 Å². The van der Waals surface area contributed by atoms with E-state index < -0.39 is 22.6 Å². The molecular weight excluding hydrogens is 460 g/mol. The average molecular weight is 489 g/mol. The first kappa shape index (κ1) is 25.2. The number of hydrogen-bond donors (Lipinski definition) is 1. The van der Waals surface area contributed by atoms with Crippen LogP contribution in [0.1, 0.15) is 35.7 Å². The lowest BCUT2D eigenvalue weighted by Gasteiger charge is -2.30. The molecule has 1 aliphatic rings. The first-order chi connectivity index (χ1) is 16.2. The number of rotatable bonds is 8. The van der Waals surface area contributed by atoms with Gasteiger partial charge in [-0.1, -0.05) is 17.7 Å². The van der Waals surface area contributed by atoms with Gasteiger partial charge in [0.2, 0.25) is 0 Å². The molecule has 1 fully saturated rings. The summed E-state index contributed by atoms with van der Waals surface area (Å²) in [7, 11) is -3.82. The Morgan fingerprint density at radius 1 is 0.971 bits per heavy atom. The summed E-state index contributed by atoms with van der Waals surface area (Å²) in [5, 5.41) is 0. The van der Waals surface area contributed by atoms with Crippen molar-refractivity contribution in [2.24, 2.45) is 5.92 Å². The number of esters is 2. The van der Waals surface area contributed by atoms with Crippen LogP contribution in [0.4, 0.5) is 5.69 Å². The fourth-order valence-electron chi connectivity index (χ4n) is 3.53. The molecule has 0 aromatic heterocycles. The molecule has 182 valence electrons. The molecule has 0 atom stereocenters. The van der Waals surface area contributed by atoms with Gasteiger partial charge in [0.1, 0.15) is 0 Å². The minimum atomic E-state index is -3.82. The molecule has 1 aliphatic heterocycles. The monoisotopic (exact) mass is 488 g/mol. The molecular formula is C24H28N2O7S. The molecule has 34 heavy (non-hydrogen) atoms. The van der Waals surface area contributed by atoms with E-state index in [9.17, 15) is 22.8 Å².